The zero-order valence-corrected chi connectivity index (χ0v) is 19.6. The third-order valence-electron chi connectivity index (χ3n) is 5.45. The molecule has 3 heterocycles. The number of hydrogen-bond acceptors (Lipinski definition) is 6. The summed E-state index contributed by atoms with van der Waals surface area (Å²) in [6, 6.07) is 13.8. The van der Waals surface area contributed by atoms with Gasteiger partial charge in [-0.2, -0.15) is 0 Å². The van der Waals surface area contributed by atoms with Crippen LogP contribution in [0.1, 0.15) is 26.4 Å². The molecule has 0 aliphatic carbocycles. The molecule has 0 bridgehead atoms. The van der Waals surface area contributed by atoms with Gasteiger partial charge in [0.25, 0.3) is 5.91 Å². The van der Waals surface area contributed by atoms with Crippen molar-refractivity contribution < 1.29 is 9.59 Å². The lowest BCUT2D eigenvalue weighted by molar-refractivity contribution is 0.0658. The molecule has 33 heavy (non-hydrogen) atoms. The van der Waals surface area contributed by atoms with Gasteiger partial charge in [-0.3, -0.25) is 9.59 Å². The molecule has 0 saturated carbocycles. The Bertz CT molecular complexity index is 1160. The number of amides is 1. The molecule has 4 rings (SSSR count). The first kappa shape index (κ1) is 23.2. The van der Waals surface area contributed by atoms with Crippen LogP contribution in [0.15, 0.2) is 54.7 Å². The number of Topliss-reactive ketones (excluding diaryl/α,β-unsaturated/α-hetero) is 1. The van der Waals surface area contributed by atoms with Crippen molar-refractivity contribution in [3.63, 3.8) is 0 Å². The Balaban J connectivity index is 1.46. The van der Waals surface area contributed by atoms with E-state index in [-0.39, 0.29) is 18.1 Å². The topological polar surface area (TPSA) is 78.4 Å². The Morgan fingerprint density at radius 1 is 0.970 bits per heavy atom. The fraction of sp³-hybridized carbons (Fsp3) is 0.250. The second-order valence-electron chi connectivity index (χ2n) is 7.87. The van der Waals surface area contributed by atoms with Gasteiger partial charge in [0.05, 0.1) is 15.6 Å². The number of rotatable bonds is 6. The number of benzene rings is 1. The number of piperazine rings is 1. The minimum absolute atomic E-state index is 0.0873. The molecular weight excluding hydrogens is 461 g/mol. The number of anilines is 2. The maximum Gasteiger partial charge on any atom is 0.272 e. The zero-order valence-electron chi connectivity index (χ0n) is 18.1. The maximum atomic E-state index is 12.8. The lowest BCUT2D eigenvalue weighted by Gasteiger charge is -2.32. The molecule has 170 valence electrons. The molecule has 0 atom stereocenters. The first-order valence-electron chi connectivity index (χ1n) is 10.5. The molecule has 0 spiro atoms. The van der Waals surface area contributed by atoms with Gasteiger partial charge in [-0.25, -0.2) is 9.97 Å². The van der Waals surface area contributed by atoms with Crippen LogP contribution >= 0.6 is 23.2 Å². The van der Waals surface area contributed by atoms with E-state index in [1.54, 1.807) is 54.7 Å². The molecule has 7 nitrogen and oxygen atoms in total. The summed E-state index contributed by atoms with van der Waals surface area (Å²) in [5, 5.41) is 3.77. The summed E-state index contributed by atoms with van der Waals surface area (Å²) in [4.78, 5) is 38.3. The SMILES string of the molecule is CN1CCN(C(=O)c2cccc(Nc3cc(CC(=O)c4c(Cl)cccc4Cl)ccn3)n2)CC1. The molecule has 1 N–H and O–H groups in total. The molecule has 0 radical (unpaired) electrons. The standard InChI is InChI=1S/C24H23Cl2N5O2/c1-30-10-12-31(13-11-30)24(33)19-6-3-7-21(28-19)29-22-15-16(8-9-27-22)14-20(32)23-17(25)4-2-5-18(23)26/h2-9,15H,10-14H2,1H3,(H,27,28,29). The van der Waals surface area contributed by atoms with Crippen LogP contribution in [0.4, 0.5) is 11.6 Å². The first-order chi connectivity index (χ1) is 15.9. The third kappa shape index (κ3) is 5.68. The summed E-state index contributed by atoms with van der Waals surface area (Å²) >= 11 is 12.3. The van der Waals surface area contributed by atoms with Crippen molar-refractivity contribution in [2.24, 2.45) is 0 Å². The zero-order chi connectivity index (χ0) is 23.4. The van der Waals surface area contributed by atoms with Crippen molar-refractivity contribution in [2.45, 2.75) is 6.42 Å². The molecule has 1 aliphatic heterocycles. The van der Waals surface area contributed by atoms with Crippen LogP contribution in [0.3, 0.4) is 0 Å². The van der Waals surface area contributed by atoms with Gasteiger partial charge < -0.3 is 15.1 Å². The summed E-state index contributed by atoms with van der Waals surface area (Å²) in [5.74, 6) is 0.749. The molecule has 9 heteroatoms. The van der Waals surface area contributed by atoms with E-state index in [4.69, 9.17) is 23.2 Å². The number of pyridine rings is 2. The van der Waals surface area contributed by atoms with E-state index in [1.807, 2.05) is 11.9 Å². The van der Waals surface area contributed by atoms with E-state index in [2.05, 4.69) is 20.2 Å². The van der Waals surface area contributed by atoms with Crippen molar-refractivity contribution in [3.05, 3.63) is 81.6 Å². The van der Waals surface area contributed by atoms with Crippen molar-refractivity contribution in [1.82, 2.24) is 19.8 Å². The van der Waals surface area contributed by atoms with Gasteiger partial charge >= 0.3 is 0 Å². The summed E-state index contributed by atoms with van der Waals surface area (Å²) in [5.41, 5.74) is 1.44. The minimum Gasteiger partial charge on any atom is -0.335 e. The largest absolute Gasteiger partial charge is 0.335 e. The fourth-order valence-corrected chi connectivity index (χ4v) is 4.23. The average molecular weight is 484 g/mol. The molecule has 1 aromatic carbocycles. The third-order valence-corrected chi connectivity index (χ3v) is 6.08. The number of ketones is 1. The van der Waals surface area contributed by atoms with Crippen molar-refractivity contribution in [3.8, 4) is 0 Å². The number of nitrogens with zero attached hydrogens (tertiary/aromatic N) is 4. The average Bonchev–Trinajstić information content (AvgIpc) is 2.79. The second kappa shape index (κ2) is 10.3. The van der Waals surface area contributed by atoms with Gasteiger partial charge in [0.2, 0.25) is 0 Å². The minimum atomic E-state index is -0.180. The molecule has 1 saturated heterocycles. The molecule has 2 aromatic heterocycles. The Kier molecular flexibility index (Phi) is 7.23. The second-order valence-corrected chi connectivity index (χ2v) is 8.69. The molecule has 0 unspecified atom stereocenters. The van der Waals surface area contributed by atoms with Gasteiger partial charge in [0, 0.05) is 38.8 Å². The van der Waals surface area contributed by atoms with Gasteiger partial charge in [0.1, 0.15) is 17.3 Å². The highest BCUT2D eigenvalue weighted by atomic mass is 35.5. The normalized spacial score (nSPS) is 14.2. The lowest BCUT2D eigenvalue weighted by Crippen LogP contribution is -2.47. The molecule has 3 aromatic rings. The molecule has 1 fully saturated rings. The number of carbonyl (C=O) groups is 2. The van der Waals surface area contributed by atoms with E-state index in [9.17, 15) is 9.59 Å². The highest BCUT2D eigenvalue weighted by Gasteiger charge is 2.21. The van der Waals surface area contributed by atoms with E-state index in [1.165, 1.54) is 0 Å². The predicted molar refractivity (Wildman–Crippen MR) is 130 cm³/mol. The maximum absolute atomic E-state index is 12.8. The van der Waals surface area contributed by atoms with Gasteiger partial charge in [-0.05, 0) is 49.0 Å². The first-order valence-corrected chi connectivity index (χ1v) is 11.3. The Morgan fingerprint density at radius 3 is 2.39 bits per heavy atom. The van der Waals surface area contributed by atoms with Gasteiger partial charge in [0.15, 0.2) is 5.78 Å². The summed E-state index contributed by atoms with van der Waals surface area (Å²) in [7, 11) is 2.04. The number of likely N-dealkylation sites (N-methyl/N-ethyl adjacent to an activating group) is 1. The number of carbonyl (C=O) groups excluding carboxylic acids is 2. The van der Waals surface area contributed by atoms with Gasteiger partial charge in [-0.15, -0.1) is 0 Å². The van der Waals surface area contributed by atoms with Crippen LogP contribution < -0.4 is 5.32 Å². The van der Waals surface area contributed by atoms with Crippen LogP contribution in [-0.2, 0) is 6.42 Å². The smallest absolute Gasteiger partial charge is 0.272 e. The van der Waals surface area contributed by atoms with E-state index in [0.717, 1.165) is 18.7 Å². The van der Waals surface area contributed by atoms with Crippen LogP contribution in [0.2, 0.25) is 10.0 Å². The van der Waals surface area contributed by atoms with Gasteiger partial charge in [-0.1, -0.05) is 35.3 Å². The predicted octanol–water partition coefficient (Wildman–Crippen LogP) is 4.34. The van der Waals surface area contributed by atoms with Crippen LogP contribution in [0.5, 0.6) is 0 Å². The van der Waals surface area contributed by atoms with Crippen molar-refractivity contribution >= 4 is 46.5 Å². The lowest BCUT2D eigenvalue weighted by atomic mass is 10.0. The fourth-order valence-electron chi connectivity index (χ4n) is 3.62. The highest BCUT2D eigenvalue weighted by Crippen LogP contribution is 2.26. The number of hydrogen-bond donors (Lipinski definition) is 1. The highest BCUT2D eigenvalue weighted by molar-refractivity contribution is 6.39. The summed E-state index contributed by atoms with van der Waals surface area (Å²) in [6.07, 6.45) is 1.73. The Morgan fingerprint density at radius 2 is 1.67 bits per heavy atom. The van der Waals surface area contributed by atoms with Crippen LogP contribution in [0, 0.1) is 0 Å². The number of aromatic nitrogens is 2. The van der Waals surface area contributed by atoms with Crippen LogP contribution in [-0.4, -0.2) is 64.7 Å². The molecule has 1 amide bonds. The van der Waals surface area contributed by atoms with Crippen molar-refractivity contribution in [2.75, 3.05) is 38.5 Å². The van der Waals surface area contributed by atoms with Crippen LogP contribution in [0.25, 0.3) is 0 Å². The Hall–Kier alpha value is -3.00. The van der Waals surface area contributed by atoms with E-state index >= 15 is 0 Å². The van der Waals surface area contributed by atoms with E-state index < -0.39 is 0 Å². The summed E-state index contributed by atoms with van der Waals surface area (Å²) in [6.45, 7) is 3.06. The Labute approximate surface area is 202 Å². The monoisotopic (exact) mass is 483 g/mol. The quantitative estimate of drug-likeness (QED) is 0.525. The summed E-state index contributed by atoms with van der Waals surface area (Å²) < 4.78 is 0. The molecule has 1 aliphatic rings. The van der Waals surface area contributed by atoms with E-state index in [0.29, 0.717) is 46.0 Å². The van der Waals surface area contributed by atoms with Crippen molar-refractivity contribution in [1.29, 1.82) is 0 Å². The molecular formula is C24H23Cl2N5O2. The number of halogens is 2. The number of nitrogens with one attached hydrogen (secondary N) is 1.